The maximum Gasteiger partial charge on any atom is 0.329 e. The Bertz CT molecular complexity index is 306. The smallest absolute Gasteiger partial charge is 0.329 e. The number of amides is 2. The Labute approximate surface area is 120 Å². The number of carbonyl (C=O) groups is 2. The summed E-state index contributed by atoms with van der Waals surface area (Å²) in [7, 11) is 1.71. The lowest BCUT2D eigenvalue weighted by Gasteiger charge is -2.32. The van der Waals surface area contributed by atoms with E-state index in [0.29, 0.717) is 12.8 Å². The fraction of sp³-hybridized carbons (Fsp3) is 0.846. The van der Waals surface area contributed by atoms with E-state index in [-0.39, 0.29) is 12.1 Å². The molecule has 0 fully saturated rings. The van der Waals surface area contributed by atoms with Crippen LogP contribution in [0, 0.1) is 0 Å². The number of hydrogen-bond donors (Lipinski definition) is 2. The van der Waals surface area contributed by atoms with Gasteiger partial charge in [0.2, 0.25) is 0 Å². The Hall–Kier alpha value is -0.910. The minimum absolute atomic E-state index is 0.0904. The predicted octanol–water partition coefficient (Wildman–Crippen LogP) is 2.41. The number of carboxylic acid groups (broad SMARTS) is 1. The van der Waals surface area contributed by atoms with Crippen LogP contribution in [-0.2, 0) is 4.79 Å². The van der Waals surface area contributed by atoms with Gasteiger partial charge in [0.05, 0.1) is 0 Å². The molecule has 0 aromatic carbocycles. The predicted molar refractivity (Wildman–Crippen MR) is 79.7 cm³/mol. The van der Waals surface area contributed by atoms with Gasteiger partial charge in [0, 0.05) is 13.1 Å². The van der Waals surface area contributed by atoms with Gasteiger partial charge in [-0.1, -0.05) is 13.8 Å². The van der Waals surface area contributed by atoms with Gasteiger partial charge in [0.1, 0.15) is 5.54 Å². The van der Waals surface area contributed by atoms with Crippen molar-refractivity contribution in [3.05, 3.63) is 0 Å². The number of carbonyl (C=O) groups excluding carboxylic acids is 1. The highest BCUT2D eigenvalue weighted by atomic mass is 32.2. The van der Waals surface area contributed by atoms with Gasteiger partial charge in [-0.15, -0.1) is 0 Å². The average Bonchev–Trinajstić information content (AvgIpc) is 2.40. The zero-order valence-corrected chi connectivity index (χ0v) is 13.3. The van der Waals surface area contributed by atoms with Crippen molar-refractivity contribution in [2.24, 2.45) is 0 Å². The van der Waals surface area contributed by atoms with Crippen molar-refractivity contribution in [1.29, 1.82) is 0 Å². The molecule has 2 N–H and O–H groups in total. The zero-order valence-electron chi connectivity index (χ0n) is 12.5. The Morgan fingerprint density at radius 1 is 1.37 bits per heavy atom. The molecule has 0 aromatic heterocycles. The highest BCUT2D eigenvalue weighted by Gasteiger charge is 2.37. The van der Waals surface area contributed by atoms with Crippen LogP contribution in [0.4, 0.5) is 4.79 Å². The first kappa shape index (κ1) is 18.1. The largest absolute Gasteiger partial charge is 0.480 e. The minimum Gasteiger partial charge on any atom is -0.480 e. The second-order valence-corrected chi connectivity index (χ2v) is 5.75. The van der Waals surface area contributed by atoms with Gasteiger partial charge in [-0.25, -0.2) is 9.59 Å². The zero-order chi connectivity index (χ0) is 15.1. The van der Waals surface area contributed by atoms with E-state index in [2.05, 4.69) is 5.32 Å². The summed E-state index contributed by atoms with van der Waals surface area (Å²) in [6.07, 6.45) is 3.66. The third kappa shape index (κ3) is 4.93. The van der Waals surface area contributed by atoms with E-state index < -0.39 is 11.5 Å². The molecule has 0 saturated heterocycles. The molecule has 0 radical (unpaired) electrons. The molecule has 1 atom stereocenters. The number of nitrogens with one attached hydrogen (secondary N) is 1. The minimum atomic E-state index is -1.16. The van der Waals surface area contributed by atoms with Gasteiger partial charge in [0.25, 0.3) is 0 Å². The van der Waals surface area contributed by atoms with E-state index in [1.807, 2.05) is 13.2 Å². The number of thioether (sulfide) groups is 1. The van der Waals surface area contributed by atoms with Crippen LogP contribution in [0.2, 0.25) is 0 Å². The molecule has 0 spiro atoms. The molecule has 6 heteroatoms. The maximum absolute atomic E-state index is 12.1. The van der Waals surface area contributed by atoms with Crippen LogP contribution in [0.1, 0.15) is 40.0 Å². The summed E-state index contributed by atoms with van der Waals surface area (Å²) in [6, 6.07) is -0.229. The molecule has 0 rings (SSSR count). The molecule has 19 heavy (non-hydrogen) atoms. The molecular weight excluding hydrogens is 264 g/mol. The average molecular weight is 290 g/mol. The monoisotopic (exact) mass is 290 g/mol. The van der Waals surface area contributed by atoms with Crippen molar-refractivity contribution in [1.82, 2.24) is 10.2 Å². The van der Waals surface area contributed by atoms with Gasteiger partial charge < -0.3 is 15.3 Å². The van der Waals surface area contributed by atoms with E-state index in [1.165, 1.54) is 0 Å². The van der Waals surface area contributed by atoms with Crippen LogP contribution >= 0.6 is 11.8 Å². The fourth-order valence-corrected chi connectivity index (χ4v) is 2.33. The first-order valence-electron chi connectivity index (χ1n) is 6.61. The first-order valence-corrected chi connectivity index (χ1v) is 8.01. The molecule has 0 heterocycles. The first-order chi connectivity index (χ1) is 8.84. The number of carboxylic acids is 1. The highest BCUT2D eigenvalue weighted by molar-refractivity contribution is 7.98. The van der Waals surface area contributed by atoms with E-state index in [0.717, 1.165) is 12.2 Å². The van der Waals surface area contributed by atoms with Crippen LogP contribution in [0.3, 0.4) is 0 Å². The Morgan fingerprint density at radius 2 is 1.89 bits per heavy atom. The molecule has 5 nitrogen and oxygen atoms in total. The summed E-state index contributed by atoms with van der Waals surface area (Å²) in [6.45, 7) is 5.51. The number of aliphatic carboxylic acids is 1. The lowest BCUT2D eigenvalue weighted by molar-refractivity contribution is -0.144. The van der Waals surface area contributed by atoms with Crippen molar-refractivity contribution < 1.29 is 14.7 Å². The van der Waals surface area contributed by atoms with Crippen LogP contribution in [0.15, 0.2) is 0 Å². The Morgan fingerprint density at radius 3 is 2.26 bits per heavy atom. The number of hydrogen-bond acceptors (Lipinski definition) is 3. The molecule has 1 unspecified atom stereocenters. The molecule has 2 amide bonds. The highest BCUT2D eigenvalue weighted by Crippen LogP contribution is 2.16. The fourth-order valence-electron chi connectivity index (χ4n) is 1.76. The van der Waals surface area contributed by atoms with E-state index in [9.17, 15) is 14.7 Å². The van der Waals surface area contributed by atoms with Crippen LogP contribution in [0.5, 0.6) is 0 Å². The van der Waals surface area contributed by atoms with E-state index >= 15 is 0 Å². The molecule has 0 bridgehead atoms. The van der Waals surface area contributed by atoms with Gasteiger partial charge >= 0.3 is 12.0 Å². The van der Waals surface area contributed by atoms with Crippen molar-refractivity contribution >= 4 is 23.8 Å². The third-order valence-corrected chi connectivity index (χ3v) is 4.33. The van der Waals surface area contributed by atoms with Gasteiger partial charge in [-0.3, -0.25) is 0 Å². The quantitative estimate of drug-likeness (QED) is 0.720. The molecule has 0 aliphatic heterocycles. The van der Waals surface area contributed by atoms with Crippen molar-refractivity contribution in [3.63, 3.8) is 0 Å². The van der Waals surface area contributed by atoms with Crippen LogP contribution < -0.4 is 5.32 Å². The third-order valence-electron chi connectivity index (χ3n) is 3.68. The SMILES string of the molecule is CCC(CC)(NC(=O)N(C)C(C)CCSC)C(=O)O. The van der Waals surface area contributed by atoms with Crippen LogP contribution in [0.25, 0.3) is 0 Å². The summed E-state index contributed by atoms with van der Waals surface area (Å²) in [5, 5.41) is 12.0. The molecule has 0 aliphatic rings. The molecule has 112 valence electrons. The van der Waals surface area contributed by atoms with Gasteiger partial charge in [-0.2, -0.15) is 11.8 Å². The lowest BCUT2D eigenvalue weighted by Crippen LogP contribution is -2.57. The number of urea groups is 1. The van der Waals surface area contributed by atoms with Gasteiger partial charge in [-0.05, 0) is 38.2 Å². The summed E-state index contributed by atoms with van der Waals surface area (Å²) in [5.74, 6) is 0.000692. The van der Waals surface area contributed by atoms with E-state index in [1.54, 1.807) is 37.6 Å². The summed E-state index contributed by atoms with van der Waals surface area (Å²) in [4.78, 5) is 25.1. The summed E-state index contributed by atoms with van der Waals surface area (Å²) >= 11 is 1.73. The summed E-state index contributed by atoms with van der Waals surface area (Å²) in [5.41, 5.74) is -1.16. The molecule has 0 saturated carbocycles. The number of nitrogens with zero attached hydrogens (tertiary/aromatic N) is 1. The van der Waals surface area contributed by atoms with Crippen LogP contribution in [-0.4, -0.2) is 52.6 Å². The Balaban J connectivity index is 4.69. The Kier molecular flexibility index (Phi) is 7.90. The molecule has 0 aliphatic carbocycles. The topological polar surface area (TPSA) is 69.6 Å². The second-order valence-electron chi connectivity index (χ2n) is 4.77. The standard InChI is InChI=1S/C13H26N2O3S/c1-6-13(7-2,11(16)17)14-12(18)15(4)10(3)8-9-19-5/h10H,6-9H2,1-5H3,(H,14,18)(H,16,17). The normalized spacial score (nSPS) is 12.9. The van der Waals surface area contributed by atoms with Crippen molar-refractivity contribution in [2.75, 3.05) is 19.1 Å². The van der Waals surface area contributed by atoms with E-state index in [4.69, 9.17) is 0 Å². The van der Waals surface area contributed by atoms with Crippen molar-refractivity contribution in [2.45, 2.75) is 51.6 Å². The molecular formula is C13H26N2O3S. The van der Waals surface area contributed by atoms with Crippen molar-refractivity contribution in [3.8, 4) is 0 Å². The second kappa shape index (κ2) is 8.30. The molecule has 0 aromatic rings. The number of rotatable bonds is 8. The van der Waals surface area contributed by atoms with Gasteiger partial charge in [0.15, 0.2) is 0 Å². The summed E-state index contributed by atoms with van der Waals surface area (Å²) < 4.78 is 0. The maximum atomic E-state index is 12.1. The lowest BCUT2D eigenvalue weighted by atomic mass is 9.93.